The maximum Gasteiger partial charge on any atom is 0.217 e. The van der Waals surface area contributed by atoms with Crippen LogP contribution in [-0.4, -0.2) is 10.6 Å². The first-order valence-electron chi connectivity index (χ1n) is 4.30. The first-order chi connectivity index (χ1) is 5.67. The molecule has 0 bridgehead atoms. The van der Waals surface area contributed by atoms with Gasteiger partial charge < -0.3 is 4.74 Å². The van der Waals surface area contributed by atoms with Crippen molar-refractivity contribution in [1.82, 2.24) is 4.98 Å². The van der Waals surface area contributed by atoms with Crippen molar-refractivity contribution in [3.63, 3.8) is 0 Å². The molecule has 0 aliphatic carbocycles. The zero-order valence-electron chi connectivity index (χ0n) is 7.50. The molecule has 0 amide bonds. The minimum Gasteiger partial charge on any atom is -0.471 e. The van der Waals surface area contributed by atoms with Gasteiger partial charge in [0.05, 0.1) is 0 Å². The molecule has 0 aromatic carbocycles. The van der Waals surface area contributed by atoms with Crippen molar-refractivity contribution < 1.29 is 4.74 Å². The summed E-state index contributed by atoms with van der Waals surface area (Å²) in [5, 5.41) is 0. The van der Waals surface area contributed by atoms with Crippen LogP contribution in [0.3, 0.4) is 0 Å². The van der Waals surface area contributed by atoms with E-state index in [-0.39, 0.29) is 5.60 Å². The largest absolute Gasteiger partial charge is 0.471 e. The Kier molecular flexibility index (Phi) is 1.56. The average molecular weight is 163 g/mol. The summed E-state index contributed by atoms with van der Waals surface area (Å²) in [6.45, 7) is 4.20. The quantitative estimate of drug-likeness (QED) is 0.585. The van der Waals surface area contributed by atoms with Crippen molar-refractivity contribution in [3.8, 4) is 5.88 Å². The Morgan fingerprint density at radius 2 is 2.33 bits per heavy atom. The van der Waals surface area contributed by atoms with Crippen LogP contribution in [0, 0.1) is 0 Å². The van der Waals surface area contributed by atoms with Crippen LogP contribution in [-0.2, 0) is 6.42 Å². The summed E-state index contributed by atoms with van der Waals surface area (Å²) in [6, 6.07) is 4.04. The Hall–Kier alpha value is -1.05. The van der Waals surface area contributed by atoms with E-state index >= 15 is 0 Å². The van der Waals surface area contributed by atoms with E-state index in [4.69, 9.17) is 4.74 Å². The van der Waals surface area contributed by atoms with E-state index in [9.17, 15) is 0 Å². The second-order valence-electron chi connectivity index (χ2n) is 3.83. The van der Waals surface area contributed by atoms with Crippen molar-refractivity contribution in [1.29, 1.82) is 0 Å². The number of nitrogens with zero attached hydrogens (tertiary/aromatic N) is 1. The fraction of sp³-hybridized carbons (Fsp3) is 0.500. The van der Waals surface area contributed by atoms with Crippen molar-refractivity contribution in [2.75, 3.05) is 0 Å². The van der Waals surface area contributed by atoms with Gasteiger partial charge in [-0.2, -0.15) is 0 Å². The number of ether oxygens (including phenoxy) is 1. The third-order valence-electron chi connectivity index (χ3n) is 2.22. The molecule has 0 unspecified atom stereocenters. The molecule has 0 fully saturated rings. The van der Waals surface area contributed by atoms with E-state index in [1.54, 1.807) is 6.20 Å². The zero-order valence-corrected chi connectivity index (χ0v) is 7.50. The first-order valence-corrected chi connectivity index (χ1v) is 4.30. The Balaban J connectivity index is 2.35. The van der Waals surface area contributed by atoms with Gasteiger partial charge in [-0.25, -0.2) is 4.98 Å². The van der Waals surface area contributed by atoms with Crippen molar-refractivity contribution in [2.45, 2.75) is 32.3 Å². The summed E-state index contributed by atoms with van der Waals surface area (Å²) in [5.41, 5.74) is 1.19. The smallest absolute Gasteiger partial charge is 0.217 e. The van der Waals surface area contributed by atoms with Gasteiger partial charge in [-0.15, -0.1) is 0 Å². The van der Waals surface area contributed by atoms with Crippen LogP contribution in [0.4, 0.5) is 0 Å². The molecule has 0 spiro atoms. The minimum atomic E-state index is -0.0403. The summed E-state index contributed by atoms with van der Waals surface area (Å²) < 4.78 is 5.71. The van der Waals surface area contributed by atoms with E-state index in [0.29, 0.717) is 0 Å². The van der Waals surface area contributed by atoms with Crippen molar-refractivity contribution in [2.24, 2.45) is 0 Å². The van der Waals surface area contributed by atoms with Crippen LogP contribution >= 0.6 is 0 Å². The van der Waals surface area contributed by atoms with Crippen molar-refractivity contribution in [3.05, 3.63) is 23.9 Å². The number of aryl methyl sites for hydroxylation is 1. The van der Waals surface area contributed by atoms with E-state index < -0.39 is 0 Å². The van der Waals surface area contributed by atoms with Crippen LogP contribution in [0.1, 0.15) is 25.8 Å². The van der Waals surface area contributed by atoms with Gasteiger partial charge in [0.2, 0.25) is 5.88 Å². The SMILES string of the molecule is CC1(C)CCc2cccnc2O1. The maximum atomic E-state index is 5.71. The van der Waals surface area contributed by atoms with Gasteiger partial charge in [0.1, 0.15) is 5.60 Å². The number of hydrogen-bond donors (Lipinski definition) is 0. The second-order valence-corrected chi connectivity index (χ2v) is 3.83. The molecular formula is C10H13NO. The molecule has 2 heteroatoms. The Bertz CT molecular complexity index is 294. The molecule has 1 aromatic heterocycles. The average Bonchev–Trinajstić information content (AvgIpc) is 2.02. The fourth-order valence-electron chi connectivity index (χ4n) is 1.45. The Morgan fingerprint density at radius 1 is 1.50 bits per heavy atom. The van der Waals surface area contributed by atoms with Crippen LogP contribution in [0.5, 0.6) is 5.88 Å². The van der Waals surface area contributed by atoms with E-state index in [2.05, 4.69) is 24.9 Å². The molecule has 1 aliphatic rings. The number of aromatic nitrogens is 1. The molecule has 0 saturated carbocycles. The lowest BCUT2D eigenvalue weighted by molar-refractivity contribution is 0.0783. The van der Waals surface area contributed by atoms with Gasteiger partial charge in [0, 0.05) is 11.8 Å². The van der Waals surface area contributed by atoms with Gasteiger partial charge in [0.25, 0.3) is 0 Å². The highest BCUT2D eigenvalue weighted by Gasteiger charge is 2.26. The highest BCUT2D eigenvalue weighted by atomic mass is 16.5. The van der Waals surface area contributed by atoms with Crippen LogP contribution < -0.4 is 4.74 Å². The summed E-state index contributed by atoms with van der Waals surface area (Å²) in [4.78, 5) is 4.19. The van der Waals surface area contributed by atoms with Gasteiger partial charge in [0.15, 0.2) is 0 Å². The third kappa shape index (κ3) is 1.29. The fourth-order valence-corrected chi connectivity index (χ4v) is 1.45. The Labute approximate surface area is 72.6 Å². The monoisotopic (exact) mass is 163 g/mol. The summed E-state index contributed by atoms with van der Waals surface area (Å²) in [7, 11) is 0. The van der Waals surface area contributed by atoms with Crippen molar-refractivity contribution >= 4 is 0 Å². The van der Waals surface area contributed by atoms with E-state index in [0.717, 1.165) is 18.7 Å². The molecule has 0 atom stereocenters. The maximum absolute atomic E-state index is 5.71. The number of pyridine rings is 1. The van der Waals surface area contributed by atoms with E-state index in [1.165, 1.54) is 5.56 Å². The molecule has 1 aromatic rings. The molecule has 0 N–H and O–H groups in total. The molecule has 1 aliphatic heterocycles. The summed E-state index contributed by atoms with van der Waals surface area (Å²) in [5.74, 6) is 0.814. The first kappa shape index (κ1) is 7.59. The second kappa shape index (κ2) is 2.47. The van der Waals surface area contributed by atoms with E-state index in [1.807, 2.05) is 6.07 Å². The van der Waals surface area contributed by atoms with Gasteiger partial charge >= 0.3 is 0 Å². The molecule has 2 nitrogen and oxygen atoms in total. The molecule has 12 heavy (non-hydrogen) atoms. The molecule has 64 valence electrons. The molecular weight excluding hydrogens is 150 g/mol. The minimum absolute atomic E-state index is 0.0403. The highest BCUT2D eigenvalue weighted by Crippen LogP contribution is 2.30. The van der Waals surface area contributed by atoms with Crippen LogP contribution in [0.2, 0.25) is 0 Å². The van der Waals surface area contributed by atoms with Gasteiger partial charge in [-0.1, -0.05) is 6.07 Å². The van der Waals surface area contributed by atoms with Crippen LogP contribution in [0.25, 0.3) is 0 Å². The predicted octanol–water partition coefficient (Wildman–Crippen LogP) is 2.19. The van der Waals surface area contributed by atoms with Gasteiger partial charge in [-0.3, -0.25) is 0 Å². The summed E-state index contributed by atoms with van der Waals surface area (Å²) in [6.07, 6.45) is 3.93. The number of fused-ring (bicyclic) bond motifs is 1. The van der Waals surface area contributed by atoms with Crippen LogP contribution in [0.15, 0.2) is 18.3 Å². The zero-order chi connectivity index (χ0) is 8.60. The topological polar surface area (TPSA) is 22.1 Å². The third-order valence-corrected chi connectivity index (χ3v) is 2.22. The normalized spacial score (nSPS) is 19.5. The summed E-state index contributed by atoms with van der Waals surface area (Å²) >= 11 is 0. The van der Waals surface area contributed by atoms with Gasteiger partial charge in [-0.05, 0) is 32.8 Å². The molecule has 2 rings (SSSR count). The lowest BCUT2D eigenvalue weighted by Gasteiger charge is -2.31. The predicted molar refractivity (Wildman–Crippen MR) is 47.3 cm³/mol. The number of rotatable bonds is 0. The lowest BCUT2D eigenvalue weighted by atomic mass is 9.96. The molecule has 2 heterocycles. The molecule has 0 radical (unpaired) electrons. The lowest BCUT2D eigenvalue weighted by Crippen LogP contribution is -2.32. The Morgan fingerprint density at radius 3 is 3.17 bits per heavy atom. The number of hydrogen-bond acceptors (Lipinski definition) is 2. The highest BCUT2D eigenvalue weighted by molar-refractivity contribution is 5.28. The molecule has 0 saturated heterocycles. The standard InChI is InChI=1S/C10H13NO/c1-10(2)6-5-8-4-3-7-11-9(8)12-10/h3-4,7H,5-6H2,1-2H3.